The Morgan fingerprint density at radius 1 is 0.837 bits per heavy atom. The number of aromatic nitrogens is 3. The number of pyridine rings is 2. The Bertz CT molecular complexity index is 1930. The molecule has 2 aliphatic heterocycles. The lowest BCUT2D eigenvalue weighted by atomic mass is 9.85. The largest absolute Gasteiger partial charge is 0.444 e. The van der Waals surface area contributed by atoms with Crippen molar-refractivity contribution in [3.05, 3.63) is 66.1 Å². The van der Waals surface area contributed by atoms with Gasteiger partial charge in [0, 0.05) is 56.6 Å². The Kier molecular flexibility index (Phi) is 8.32. The summed E-state index contributed by atoms with van der Waals surface area (Å²) in [7, 11) is 1.94. The Balaban J connectivity index is 1.31. The Hall–Kier alpha value is -5.13. The highest BCUT2D eigenvalue weighted by molar-refractivity contribution is 6.14. The summed E-state index contributed by atoms with van der Waals surface area (Å²) in [6, 6.07) is 11.6. The van der Waals surface area contributed by atoms with E-state index in [0.717, 1.165) is 27.8 Å². The maximum absolute atomic E-state index is 14.3. The quantitative estimate of drug-likeness (QED) is 0.244. The maximum Gasteiger partial charge on any atom is 0.418 e. The first-order valence-corrected chi connectivity index (χ1v) is 16.6. The summed E-state index contributed by atoms with van der Waals surface area (Å²) >= 11 is 0. The molecule has 12 nitrogen and oxygen atoms in total. The molecule has 1 saturated heterocycles. The van der Waals surface area contributed by atoms with Crippen molar-refractivity contribution in [1.29, 1.82) is 0 Å². The Labute approximate surface area is 287 Å². The summed E-state index contributed by atoms with van der Waals surface area (Å²) in [6.45, 7) is 17.1. The lowest BCUT2D eigenvalue weighted by molar-refractivity contribution is 0.00930. The van der Waals surface area contributed by atoms with Gasteiger partial charge in [-0.05, 0) is 96.8 Å². The van der Waals surface area contributed by atoms with Gasteiger partial charge in [-0.25, -0.2) is 24.5 Å². The maximum atomic E-state index is 14.3. The van der Waals surface area contributed by atoms with Gasteiger partial charge in [0.2, 0.25) is 0 Å². The zero-order valence-corrected chi connectivity index (χ0v) is 29.7. The van der Waals surface area contributed by atoms with Crippen LogP contribution in [0.2, 0.25) is 0 Å². The van der Waals surface area contributed by atoms with Crippen LogP contribution in [0.25, 0.3) is 22.2 Å². The van der Waals surface area contributed by atoms with Crippen molar-refractivity contribution in [3.8, 4) is 11.1 Å². The van der Waals surface area contributed by atoms with Gasteiger partial charge in [0.15, 0.2) is 0 Å². The fraction of sp³-hybridized carbons (Fsp3) is 0.432. The van der Waals surface area contributed by atoms with Crippen LogP contribution in [-0.2, 0) is 22.1 Å². The molecule has 6 rings (SSSR count). The number of carbonyl (C=O) groups is 3. The van der Waals surface area contributed by atoms with Crippen molar-refractivity contribution in [2.24, 2.45) is 7.05 Å². The molecular formula is C37H45N7O5. The summed E-state index contributed by atoms with van der Waals surface area (Å²) < 4.78 is 13.2. The molecule has 4 aromatic rings. The van der Waals surface area contributed by atoms with Crippen molar-refractivity contribution >= 4 is 46.3 Å². The second kappa shape index (κ2) is 12.1. The number of imide groups is 1. The molecule has 12 heteroatoms. The van der Waals surface area contributed by atoms with Crippen LogP contribution in [0, 0.1) is 0 Å². The van der Waals surface area contributed by atoms with Gasteiger partial charge in [-0.3, -0.25) is 4.79 Å². The summed E-state index contributed by atoms with van der Waals surface area (Å²) in [5, 5.41) is 4.30. The number of benzene rings is 1. The number of ether oxygens (including phenoxy) is 2. The van der Waals surface area contributed by atoms with E-state index in [2.05, 4.69) is 20.2 Å². The minimum absolute atomic E-state index is 0.302. The van der Waals surface area contributed by atoms with Crippen LogP contribution >= 0.6 is 0 Å². The molecule has 1 N–H and O–H groups in total. The summed E-state index contributed by atoms with van der Waals surface area (Å²) in [5.41, 5.74) is 2.75. The third-order valence-corrected chi connectivity index (χ3v) is 8.73. The Morgan fingerprint density at radius 3 is 2.14 bits per heavy atom. The number of hydrogen-bond acceptors (Lipinski definition) is 9. The first-order chi connectivity index (χ1) is 22.9. The first kappa shape index (κ1) is 33.8. The predicted molar refractivity (Wildman–Crippen MR) is 189 cm³/mol. The number of nitrogens with one attached hydrogen (secondary N) is 1. The van der Waals surface area contributed by atoms with E-state index in [9.17, 15) is 14.4 Å². The SMILES string of the molecule is Cn1ccc2c(-c3ccc(Nc4ccc(N5CCN(C(=O)OC(C)(C)C)CC5)cn4)c4c3C(C)(C)N(C(=O)OC(C)(C)C)C4=O)ccnc21. The molecule has 3 aromatic heterocycles. The zero-order chi connectivity index (χ0) is 35.5. The van der Waals surface area contributed by atoms with Gasteiger partial charge in [0.1, 0.15) is 22.7 Å². The molecule has 1 aromatic carbocycles. The number of anilines is 3. The standard InChI is InChI=1S/C37H45N7O5/c1-35(2,3)48-33(46)43-20-18-42(19-21-43)23-10-13-28(39-22-23)40-27-12-11-25(24-14-16-38-31-26(24)15-17-41(31)9)30-29(27)32(45)44(37(30,7)8)34(47)49-36(4,5)6/h10-17,22H,18-21H2,1-9H3,(H,39,40). The normalized spacial score (nSPS) is 16.2. The third kappa shape index (κ3) is 6.51. The van der Waals surface area contributed by atoms with E-state index in [1.54, 1.807) is 38.1 Å². The van der Waals surface area contributed by atoms with Gasteiger partial charge in [0.25, 0.3) is 5.91 Å². The van der Waals surface area contributed by atoms with E-state index in [1.807, 2.05) is 88.8 Å². The van der Waals surface area contributed by atoms with Gasteiger partial charge in [-0.15, -0.1) is 0 Å². The van der Waals surface area contributed by atoms with Crippen LogP contribution in [0.5, 0.6) is 0 Å². The molecule has 0 radical (unpaired) electrons. The highest BCUT2D eigenvalue weighted by Crippen LogP contribution is 2.49. The summed E-state index contributed by atoms with van der Waals surface area (Å²) in [4.78, 5) is 54.8. The monoisotopic (exact) mass is 667 g/mol. The van der Waals surface area contributed by atoms with Crippen molar-refractivity contribution in [3.63, 3.8) is 0 Å². The highest BCUT2D eigenvalue weighted by atomic mass is 16.6. The molecule has 0 bridgehead atoms. The van der Waals surface area contributed by atoms with E-state index in [4.69, 9.17) is 9.47 Å². The number of rotatable bonds is 4. The zero-order valence-electron chi connectivity index (χ0n) is 29.7. The molecule has 2 aliphatic rings. The van der Waals surface area contributed by atoms with Gasteiger partial charge in [-0.2, -0.15) is 0 Å². The molecule has 258 valence electrons. The molecule has 49 heavy (non-hydrogen) atoms. The van der Waals surface area contributed by atoms with E-state index >= 15 is 0 Å². The molecule has 0 atom stereocenters. The lowest BCUT2D eigenvalue weighted by Crippen LogP contribution is -2.50. The number of hydrogen-bond donors (Lipinski definition) is 1. The van der Waals surface area contributed by atoms with Crippen molar-refractivity contribution in [2.75, 3.05) is 36.4 Å². The number of amides is 3. The van der Waals surface area contributed by atoms with Gasteiger partial charge in [-0.1, -0.05) is 6.07 Å². The molecule has 1 fully saturated rings. The van der Waals surface area contributed by atoms with Crippen LogP contribution in [0.4, 0.5) is 26.8 Å². The number of piperazine rings is 1. The van der Waals surface area contributed by atoms with Crippen LogP contribution < -0.4 is 10.2 Å². The molecule has 0 spiro atoms. The molecule has 5 heterocycles. The number of carbonyl (C=O) groups excluding carboxylic acids is 3. The Morgan fingerprint density at radius 2 is 1.51 bits per heavy atom. The van der Waals surface area contributed by atoms with Crippen LogP contribution in [0.15, 0.2) is 55.0 Å². The molecular weight excluding hydrogens is 622 g/mol. The summed E-state index contributed by atoms with van der Waals surface area (Å²) in [6.07, 6.45) is 4.49. The van der Waals surface area contributed by atoms with E-state index < -0.39 is 28.7 Å². The van der Waals surface area contributed by atoms with E-state index in [-0.39, 0.29) is 6.09 Å². The average Bonchev–Trinajstić information content (AvgIpc) is 3.50. The van der Waals surface area contributed by atoms with Gasteiger partial charge >= 0.3 is 12.2 Å². The average molecular weight is 668 g/mol. The number of fused-ring (bicyclic) bond motifs is 2. The molecule has 3 amide bonds. The predicted octanol–water partition coefficient (Wildman–Crippen LogP) is 7.06. The molecule has 0 aliphatic carbocycles. The second-order valence-electron chi connectivity index (χ2n) is 15.1. The second-order valence-corrected chi connectivity index (χ2v) is 15.1. The lowest BCUT2D eigenvalue weighted by Gasteiger charge is -2.36. The van der Waals surface area contributed by atoms with Crippen molar-refractivity contribution < 1.29 is 23.9 Å². The minimum Gasteiger partial charge on any atom is -0.444 e. The van der Waals surface area contributed by atoms with Crippen molar-refractivity contribution in [1.82, 2.24) is 24.3 Å². The number of aryl methyl sites for hydroxylation is 1. The van der Waals surface area contributed by atoms with Gasteiger partial charge < -0.3 is 29.2 Å². The topological polar surface area (TPSA) is 122 Å². The number of nitrogens with zero attached hydrogens (tertiary/aromatic N) is 6. The van der Waals surface area contributed by atoms with Crippen LogP contribution in [-0.4, -0.2) is 79.8 Å². The smallest absolute Gasteiger partial charge is 0.418 e. The molecule has 0 unspecified atom stereocenters. The third-order valence-electron chi connectivity index (χ3n) is 8.73. The van der Waals surface area contributed by atoms with Crippen LogP contribution in [0.3, 0.4) is 0 Å². The molecule has 0 saturated carbocycles. The van der Waals surface area contributed by atoms with E-state index in [1.165, 1.54) is 4.90 Å². The fourth-order valence-electron chi connectivity index (χ4n) is 6.54. The van der Waals surface area contributed by atoms with E-state index in [0.29, 0.717) is 48.8 Å². The first-order valence-electron chi connectivity index (χ1n) is 16.6. The van der Waals surface area contributed by atoms with Gasteiger partial charge in [0.05, 0.1) is 28.7 Å². The summed E-state index contributed by atoms with van der Waals surface area (Å²) in [5.74, 6) is 0.0956. The highest BCUT2D eigenvalue weighted by Gasteiger charge is 2.51. The van der Waals surface area contributed by atoms with Crippen LogP contribution in [0.1, 0.15) is 71.3 Å². The minimum atomic E-state index is -1.04. The van der Waals surface area contributed by atoms with Crippen molar-refractivity contribution in [2.45, 2.75) is 72.1 Å². The fourth-order valence-corrected chi connectivity index (χ4v) is 6.54.